The molecule has 0 saturated carbocycles. The first-order chi connectivity index (χ1) is 9.01. The van der Waals surface area contributed by atoms with Crippen LogP contribution >= 0.6 is 0 Å². The van der Waals surface area contributed by atoms with Gasteiger partial charge in [0, 0.05) is 6.20 Å². The standard InChI is InChI=1S/C15H17N3O/c1-11-7-6-10-17-13(11)18-14(19)15(2,16)12-8-4-3-5-9-12/h3-10H,16H2,1-2H3,(H,17,18,19). The van der Waals surface area contributed by atoms with Crippen LogP contribution in [0.25, 0.3) is 0 Å². The predicted molar refractivity (Wildman–Crippen MR) is 75.6 cm³/mol. The maximum Gasteiger partial charge on any atom is 0.249 e. The van der Waals surface area contributed by atoms with Crippen molar-refractivity contribution in [2.45, 2.75) is 19.4 Å². The quantitative estimate of drug-likeness (QED) is 0.883. The van der Waals surface area contributed by atoms with Gasteiger partial charge in [-0.05, 0) is 31.0 Å². The van der Waals surface area contributed by atoms with Crippen molar-refractivity contribution in [3.63, 3.8) is 0 Å². The van der Waals surface area contributed by atoms with Crippen LogP contribution in [0, 0.1) is 6.92 Å². The van der Waals surface area contributed by atoms with Crippen molar-refractivity contribution in [1.82, 2.24) is 4.98 Å². The van der Waals surface area contributed by atoms with Gasteiger partial charge in [0.25, 0.3) is 0 Å². The van der Waals surface area contributed by atoms with E-state index in [1.54, 1.807) is 13.1 Å². The molecule has 2 rings (SSSR count). The number of pyridine rings is 1. The molecule has 2 aromatic rings. The lowest BCUT2D eigenvalue weighted by molar-refractivity contribution is -0.120. The molecule has 3 N–H and O–H groups in total. The lowest BCUT2D eigenvalue weighted by Crippen LogP contribution is -2.45. The molecule has 1 heterocycles. The number of benzene rings is 1. The maximum absolute atomic E-state index is 12.3. The molecule has 0 radical (unpaired) electrons. The van der Waals surface area contributed by atoms with Crippen molar-refractivity contribution >= 4 is 11.7 Å². The Morgan fingerprint density at radius 1 is 1.21 bits per heavy atom. The molecule has 98 valence electrons. The number of nitrogens with two attached hydrogens (primary N) is 1. The fraction of sp³-hybridized carbons (Fsp3) is 0.200. The summed E-state index contributed by atoms with van der Waals surface area (Å²) < 4.78 is 0. The van der Waals surface area contributed by atoms with Gasteiger partial charge in [-0.2, -0.15) is 0 Å². The van der Waals surface area contributed by atoms with E-state index in [0.29, 0.717) is 5.82 Å². The molecule has 1 atom stereocenters. The van der Waals surface area contributed by atoms with Crippen molar-refractivity contribution in [3.8, 4) is 0 Å². The number of carbonyl (C=O) groups excluding carboxylic acids is 1. The minimum Gasteiger partial charge on any atom is -0.314 e. The number of carbonyl (C=O) groups is 1. The molecule has 0 spiro atoms. The third kappa shape index (κ3) is 2.80. The molecular formula is C15H17N3O. The molecule has 0 aliphatic heterocycles. The Labute approximate surface area is 112 Å². The summed E-state index contributed by atoms with van der Waals surface area (Å²) in [6, 6.07) is 13.0. The smallest absolute Gasteiger partial charge is 0.249 e. The summed E-state index contributed by atoms with van der Waals surface area (Å²) in [6.07, 6.45) is 1.64. The zero-order valence-corrected chi connectivity index (χ0v) is 11.1. The van der Waals surface area contributed by atoms with Gasteiger partial charge in [-0.3, -0.25) is 4.79 Å². The largest absolute Gasteiger partial charge is 0.314 e. The number of hydrogen-bond acceptors (Lipinski definition) is 3. The summed E-state index contributed by atoms with van der Waals surface area (Å²) in [4.78, 5) is 16.4. The summed E-state index contributed by atoms with van der Waals surface area (Å²) in [6.45, 7) is 3.58. The maximum atomic E-state index is 12.3. The van der Waals surface area contributed by atoms with Crippen LogP contribution in [0.4, 0.5) is 5.82 Å². The van der Waals surface area contributed by atoms with Gasteiger partial charge in [-0.25, -0.2) is 4.98 Å². The van der Waals surface area contributed by atoms with Crippen LogP contribution in [-0.2, 0) is 10.3 Å². The van der Waals surface area contributed by atoms with Crippen LogP contribution in [0.1, 0.15) is 18.1 Å². The highest BCUT2D eigenvalue weighted by atomic mass is 16.2. The molecule has 1 aromatic carbocycles. The monoisotopic (exact) mass is 255 g/mol. The van der Waals surface area contributed by atoms with Gasteiger partial charge in [-0.1, -0.05) is 36.4 Å². The van der Waals surface area contributed by atoms with E-state index in [-0.39, 0.29) is 5.91 Å². The van der Waals surface area contributed by atoms with Gasteiger partial charge < -0.3 is 11.1 Å². The number of nitrogens with one attached hydrogen (secondary N) is 1. The Hall–Kier alpha value is -2.20. The van der Waals surface area contributed by atoms with Crippen LogP contribution in [0.2, 0.25) is 0 Å². The van der Waals surface area contributed by atoms with Gasteiger partial charge in [-0.15, -0.1) is 0 Å². The van der Waals surface area contributed by atoms with Crippen LogP contribution in [0.5, 0.6) is 0 Å². The van der Waals surface area contributed by atoms with Crippen molar-refractivity contribution in [2.75, 3.05) is 5.32 Å². The van der Waals surface area contributed by atoms with Gasteiger partial charge in [0.15, 0.2) is 0 Å². The number of rotatable bonds is 3. The molecule has 4 heteroatoms. The molecule has 1 aromatic heterocycles. The van der Waals surface area contributed by atoms with Crippen molar-refractivity contribution in [2.24, 2.45) is 5.73 Å². The highest BCUT2D eigenvalue weighted by molar-refractivity contribution is 5.98. The average Bonchev–Trinajstić information content (AvgIpc) is 2.42. The number of anilines is 1. The summed E-state index contributed by atoms with van der Waals surface area (Å²) in [5, 5.41) is 2.77. The third-order valence-electron chi connectivity index (χ3n) is 3.09. The van der Waals surface area contributed by atoms with Gasteiger partial charge in [0.05, 0.1) is 0 Å². The van der Waals surface area contributed by atoms with E-state index in [4.69, 9.17) is 5.73 Å². The average molecular weight is 255 g/mol. The number of hydrogen-bond donors (Lipinski definition) is 2. The molecule has 0 aliphatic rings. The Morgan fingerprint density at radius 2 is 1.89 bits per heavy atom. The normalized spacial score (nSPS) is 13.6. The molecule has 0 fully saturated rings. The van der Waals surface area contributed by atoms with Crippen LogP contribution in [0.3, 0.4) is 0 Å². The number of aromatic nitrogens is 1. The number of amides is 1. The van der Waals surface area contributed by atoms with Gasteiger partial charge >= 0.3 is 0 Å². The number of aryl methyl sites for hydroxylation is 1. The van der Waals surface area contributed by atoms with Gasteiger partial charge in [0.2, 0.25) is 5.91 Å². The molecule has 4 nitrogen and oxygen atoms in total. The molecule has 19 heavy (non-hydrogen) atoms. The van der Waals surface area contributed by atoms with E-state index in [9.17, 15) is 4.79 Å². The minimum absolute atomic E-state index is 0.277. The van der Waals surface area contributed by atoms with E-state index < -0.39 is 5.54 Å². The zero-order valence-electron chi connectivity index (χ0n) is 11.1. The SMILES string of the molecule is Cc1cccnc1NC(=O)C(C)(N)c1ccccc1. The fourth-order valence-corrected chi connectivity index (χ4v) is 1.77. The molecule has 1 unspecified atom stereocenters. The molecular weight excluding hydrogens is 238 g/mol. The molecule has 0 aliphatic carbocycles. The lowest BCUT2D eigenvalue weighted by Gasteiger charge is -2.24. The Kier molecular flexibility index (Phi) is 3.62. The van der Waals surface area contributed by atoms with E-state index in [1.807, 2.05) is 49.4 Å². The van der Waals surface area contributed by atoms with Crippen LogP contribution in [-0.4, -0.2) is 10.9 Å². The summed E-state index contributed by atoms with van der Waals surface area (Å²) >= 11 is 0. The summed E-state index contributed by atoms with van der Waals surface area (Å²) in [7, 11) is 0. The van der Waals surface area contributed by atoms with Crippen molar-refractivity contribution < 1.29 is 4.79 Å². The summed E-state index contributed by atoms with van der Waals surface area (Å²) in [5.41, 5.74) is 6.72. The second-order valence-corrected chi connectivity index (χ2v) is 4.69. The Bertz CT molecular complexity index is 579. The molecule has 1 amide bonds. The zero-order chi connectivity index (χ0) is 13.9. The van der Waals surface area contributed by atoms with E-state index in [1.165, 1.54) is 0 Å². The highest BCUT2D eigenvalue weighted by Gasteiger charge is 2.30. The van der Waals surface area contributed by atoms with E-state index in [0.717, 1.165) is 11.1 Å². The van der Waals surface area contributed by atoms with Gasteiger partial charge in [0.1, 0.15) is 11.4 Å². The second-order valence-electron chi connectivity index (χ2n) is 4.69. The number of nitrogens with zero attached hydrogens (tertiary/aromatic N) is 1. The second kappa shape index (κ2) is 5.20. The first-order valence-electron chi connectivity index (χ1n) is 6.09. The highest BCUT2D eigenvalue weighted by Crippen LogP contribution is 2.20. The van der Waals surface area contributed by atoms with Crippen LogP contribution < -0.4 is 11.1 Å². The van der Waals surface area contributed by atoms with Crippen molar-refractivity contribution in [1.29, 1.82) is 0 Å². The molecule has 0 bridgehead atoms. The fourth-order valence-electron chi connectivity index (χ4n) is 1.77. The predicted octanol–water partition coefficient (Wildman–Crippen LogP) is 2.20. The van der Waals surface area contributed by atoms with Crippen molar-refractivity contribution in [3.05, 3.63) is 59.8 Å². The summed E-state index contributed by atoms with van der Waals surface area (Å²) in [5.74, 6) is 0.264. The van der Waals surface area contributed by atoms with E-state index >= 15 is 0 Å². The topological polar surface area (TPSA) is 68.0 Å². The molecule has 0 saturated heterocycles. The Balaban J connectivity index is 2.23. The lowest BCUT2D eigenvalue weighted by atomic mass is 9.92. The Morgan fingerprint density at radius 3 is 2.53 bits per heavy atom. The minimum atomic E-state index is -1.09. The van der Waals surface area contributed by atoms with Crippen LogP contribution in [0.15, 0.2) is 48.7 Å². The van der Waals surface area contributed by atoms with E-state index in [2.05, 4.69) is 10.3 Å². The first-order valence-corrected chi connectivity index (χ1v) is 6.09. The third-order valence-corrected chi connectivity index (χ3v) is 3.09. The first kappa shape index (κ1) is 13.2.